The predicted molar refractivity (Wildman–Crippen MR) is 63.8 cm³/mol. The van der Waals surface area contributed by atoms with Gasteiger partial charge in [-0.05, 0) is 12.1 Å². The first-order valence-electron chi connectivity index (χ1n) is 4.64. The Morgan fingerprint density at radius 1 is 1.44 bits per heavy atom. The third-order valence-corrected chi connectivity index (χ3v) is 2.84. The van der Waals surface area contributed by atoms with Crippen molar-refractivity contribution in [3.8, 4) is 17.0 Å². The van der Waals surface area contributed by atoms with Gasteiger partial charge in [0, 0.05) is 10.9 Å². The molecular weight excluding hydrogens is 224 g/mol. The molecule has 2 aromatic rings. The van der Waals surface area contributed by atoms with Gasteiger partial charge in [-0.1, -0.05) is 12.1 Å². The molecule has 82 valence electrons. The number of carbonyl (C=O) groups excluding carboxylic acids is 1. The average molecular weight is 234 g/mol. The SMILES string of the molecule is COc1ccccc1-c1csc(NC=O)n1. The summed E-state index contributed by atoms with van der Waals surface area (Å²) >= 11 is 1.38. The third-order valence-electron chi connectivity index (χ3n) is 2.07. The zero-order valence-electron chi connectivity index (χ0n) is 8.64. The molecule has 0 bridgehead atoms. The van der Waals surface area contributed by atoms with E-state index in [9.17, 15) is 4.79 Å². The van der Waals surface area contributed by atoms with Gasteiger partial charge in [0.2, 0.25) is 6.41 Å². The molecule has 0 aliphatic heterocycles. The van der Waals surface area contributed by atoms with Gasteiger partial charge < -0.3 is 10.1 Å². The van der Waals surface area contributed by atoms with Crippen LogP contribution in [0.5, 0.6) is 5.75 Å². The Hall–Kier alpha value is -1.88. The number of ether oxygens (including phenoxy) is 1. The molecule has 0 spiro atoms. The summed E-state index contributed by atoms with van der Waals surface area (Å²) in [6.45, 7) is 0. The van der Waals surface area contributed by atoms with E-state index in [2.05, 4.69) is 10.3 Å². The molecule has 1 aromatic heterocycles. The highest BCUT2D eigenvalue weighted by Crippen LogP contribution is 2.31. The Bertz CT molecular complexity index is 496. The monoisotopic (exact) mass is 234 g/mol. The van der Waals surface area contributed by atoms with E-state index in [1.807, 2.05) is 29.6 Å². The lowest BCUT2D eigenvalue weighted by atomic mass is 10.1. The molecule has 0 fully saturated rings. The maximum atomic E-state index is 10.3. The van der Waals surface area contributed by atoms with Gasteiger partial charge in [-0.25, -0.2) is 4.98 Å². The number of rotatable bonds is 4. The lowest BCUT2D eigenvalue weighted by Crippen LogP contribution is -1.92. The van der Waals surface area contributed by atoms with Crippen LogP contribution in [0, 0.1) is 0 Å². The van der Waals surface area contributed by atoms with Crippen LogP contribution in [0.25, 0.3) is 11.3 Å². The summed E-state index contributed by atoms with van der Waals surface area (Å²) in [5.74, 6) is 0.769. The Morgan fingerprint density at radius 3 is 3.00 bits per heavy atom. The minimum atomic E-state index is 0.580. The van der Waals surface area contributed by atoms with Crippen LogP contribution in [0.4, 0.5) is 5.13 Å². The number of aromatic nitrogens is 1. The van der Waals surface area contributed by atoms with Crippen molar-refractivity contribution in [2.24, 2.45) is 0 Å². The van der Waals surface area contributed by atoms with Crippen molar-refractivity contribution in [3.63, 3.8) is 0 Å². The van der Waals surface area contributed by atoms with Gasteiger partial charge in [0.25, 0.3) is 0 Å². The number of hydrogen-bond acceptors (Lipinski definition) is 4. The highest BCUT2D eigenvalue weighted by molar-refractivity contribution is 7.14. The zero-order valence-corrected chi connectivity index (χ0v) is 9.45. The Balaban J connectivity index is 2.38. The maximum Gasteiger partial charge on any atom is 0.213 e. The van der Waals surface area contributed by atoms with E-state index in [-0.39, 0.29) is 0 Å². The first-order chi connectivity index (χ1) is 7.85. The highest BCUT2D eigenvalue weighted by Gasteiger charge is 2.08. The number of para-hydroxylation sites is 1. The van der Waals surface area contributed by atoms with Gasteiger partial charge in [-0.3, -0.25) is 4.79 Å². The second-order valence-corrected chi connectivity index (χ2v) is 3.86. The van der Waals surface area contributed by atoms with Gasteiger partial charge in [0.05, 0.1) is 12.8 Å². The molecule has 2 rings (SSSR count). The van der Waals surface area contributed by atoms with Crippen molar-refractivity contribution in [3.05, 3.63) is 29.6 Å². The molecule has 0 aliphatic carbocycles. The summed E-state index contributed by atoms with van der Waals surface area (Å²) in [5, 5.41) is 4.98. The standard InChI is InChI=1S/C11H10N2O2S/c1-15-10-5-3-2-4-8(10)9-6-16-11(13-9)12-7-14/h2-7H,1H3,(H,12,13,14). The van der Waals surface area contributed by atoms with Crippen molar-refractivity contribution in [1.82, 2.24) is 4.98 Å². The van der Waals surface area contributed by atoms with E-state index in [4.69, 9.17) is 4.74 Å². The normalized spacial score (nSPS) is 9.81. The van der Waals surface area contributed by atoms with Crippen LogP contribution in [0.1, 0.15) is 0 Å². The van der Waals surface area contributed by atoms with E-state index < -0.39 is 0 Å². The van der Waals surface area contributed by atoms with E-state index in [0.29, 0.717) is 11.5 Å². The molecule has 0 saturated heterocycles. The van der Waals surface area contributed by atoms with E-state index in [1.54, 1.807) is 7.11 Å². The summed E-state index contributed by atoms with van der Waals surface area (Å²) in [6.07, 6.45) is 0.616. The summed E-state index contributed by atoms with van der Waals surface area (Å²) in [5.41, 5.74) is 1.71. The van der Waals surface area contributed by atoms with Crippen LogP contribution in [0.2, 0.25) is 0 Å². The van der Waals surface area contributed by atoms with Crippen molar-refractivity contribution < 1.29 is 9.53 Å². The quantitative estimate of drug-likeness (QED) is 0.826. The molecule has 0 unspecified atom stereocenters. The van der Waals surface area contributed by atoms with E-state index in [0.717, 1.165) is 17.0 Å². The first-order valence-corrected chi connectivity index (χ1v) is 5.52. The van der Waals surface area contributed by atoms with Crippen molar-refractivity contribution in [2.75, 3.05) is 12.4 Å². The fraction of sp³-hybridized carbons (Fsp3) is 0.0909. The largest absolute Gasteiger partial charge is 0.496 e. The number of amides is 1. The summed E-state index contributed by atoms with van der Waals surface area (Å²) in [7, 11) is 1.62. The first kappa shape index (κ1) is 10.6. The van der Waals surface area contributed by atoms with Crippen LogP contribution in [0.3, 0.4) is 0 Å². The molecule has 4 nitrogen and oxygen atoms in total. The number of thiazole rings is 1. The Kier molecular flexibility index (Phi) is 3.16. The smallest absolute Gasteiger partial charge is 0.213 e. The average Bonchev–Trinajstić information content (AvgIpc) is 2.78. The number of nitrogens with zero attached hydrogens (tertiary/aromatic N) is 1. The minimum absolute atomic E-state index is 0.580. The van der Waals surface area contributed by atoms with Gasteiger partial charge in [-0.2, -0.15) is 0 Å². The van der Waals surface area contributed by atoms with Crippen LogP contribution in [-0.4, -0.2) is 18.5 Å². The Morgan fingerprint density at radius 2 is 2.25 bits per heavy atom. The number of carbonyl (C=O) groups is 1. The molecule has 1 heterocycles. The summed E-state index contributed by atoms with van der Waals surface area (Å²) < 4.78 is 5.24. The number of hydrogen-bond donors (Lipinski definition) is 1. The van der Waals surface area contributed by atoms with Gasteiger partial charge in [-0.15, -0.1) is 11.3 Å². The molecule has 16 heavy (non-hydrogen) atoms. The molecular formula is C11H10N2O2S. The number of benzene rings is 1. The lowest BCUT2D eigenvalue weighted by Gasteiger charge is -2.04. The molecule has 0 saturated carbocycles. The Labute approximate surface area is 96.9 Å². The second kappa shape index (κ2) is 4.76. The van der Waals surface area contributed by atoms with Crippen molar-refractivity contribution in [1.29, 1.82) is 0 Å². The van der Waals surface area contributed by atoms with E-state index >= 15 is 0 Å². The second-order valence-electron chi connectivity index (χ2n) is 3.00. The number of nitrogens with one attached hydrogen (secondary N) is 1. The third kappa shape index (κ3) is 2.04. The minimum Gasteiger partial charge on any atom is -0.496 e. The number of methoxy groups -OCH3 is 1. The zero-order chi connectivity index (χ0) is 11.4. The highest BCUT2D eigenvalue weighted by atomic mass is 32.1. The van der Waals surface area contributed by atoms with Crippen LogP contribution < -0.4 is 10.1 Å². The van der Waals surface area contributed by atoms with Crippen LogP contribution in [0.15, 0.2) is 29.6 Å². The van der Waals surface area contributed by atoms with Crippen molar-refractivity contribution in [2.45, 2.75) is 0 Å². The molecule has 0 radical (unpaired) electrons. The summed E-state index contributed by atoms with van der Waals surface area (Å²) in [4.78, 5) is 14.5. The maximum absolute atomic E-state index is 10.3. The molecule has 1 N–H and O–H groups in total. The van der Waals surface area contributed by atoms with Gasteiger partial charge >= 0.3 is 0 Å². The fourth-order valence-electron chi connectivity index (χ4n) is 1.37. The predicted octanol–water partition coefficient (Wildman–Crippen LogP) is 2.39. The van der Waals surface area contributed by atoms with Gasteiger partial charge in [0.15, 0.2) is 5.13 Å². The van der Waals surface area contributed by atoms with Crippen LogP contribution in [-0.2, 0) is 4.79 Å². The van der Waals surface area contributed by atoms with Gasteiger partial charge in [0.1, 0.15) is 5.75 Å². The van der Waals surface area contributed by atoms with Crippen molar-refractivity contribution >= 4 is 22.9 Å². The topological polar surface area (TPSA) is 51.2 Å². The molecule has 1 aromatic carbocycles. The van der Waals surface area contributed by atoms with Crippen LogP contribution >= 0.6 is 11.3 Å². The molecule has 5 heteroatoms. The molecule has 0 atom stereocenters. The molecule has 0 aliphatic rings. The lowest BCUT2D eigenvalue weighted by molar-refractivity contribution is -0.105. The number of anilines is 1. The summed E-state index contributed by atoms with van der Waals surface area (Å²) in [6, 6.07) is 7.63. The fourth-order valence-corrected chi connectivity index (χ4v) is 2.04. The molecule has 1 amide bonds. The van der Waals surface area contributed by atoms with E-state index in [1.165, 1.54) is 11.3 Å².